The summed E-state index contributed by atoms with van der Waals surface area (Å²) in [6.45, 7) is 7.45. The summed E-state index contributed by atoms with van der Waals surface area (Å²) in [4.78, 5) is 39.0. The summed E-state index contributed by atoms with van der Waals surface area (Å²) in [5.74, 6) is 1.01. The first-order chi connectivity index (χ1) is 30.4. The molecule has 0 aliphatic carbocycles. The number of fused-ring (bicyclic) bond motifs is 1. The third-order valence-corrected chi connectivity index (χ3v) is 14.1. The maximum atomic E-state index is 17.7. The zero-order valence-corrected chi connectivity index (χ0v) is 36.9. The highest BCUT2D eigenvalue weighted by atomic mass is 31.2. The van der Waals surface area contributed by atoms with Gasteiger partial charge in [0.25, 0.3) is 5.91 Å². The minimum atomic E-state index is -3.68. The van der Waals surface area contributed by atoms with Gasteiger partial charge in [0.05, 0.1) is 39.6 Å². The number of nitrogens with zero attached hydrogens (tertiary/aromatic N) is 6. The van der Waals surface area contributed by atoms with Crippen molar-refractivity contribution in [3.8, 4) is 17.6 Å². The molecule has 7 rings (SSSR count). The fraction of sp³-hybridized carbons (Fsp3) is 0.340. The fourth-order valence-corrected chi connectivity index (χ4v) is 11.2. The van der Waals surface area contributed by atoms with E-state index in [0.29, 0.717) is 17.1 Å². The lowest BCUT2D eigenvalue weighted by Gasteiger charge is -2.38. The first kappa shape index (κ1) is 45.2. The lowest BCUT2D eigenvalue weighted by molar-refractivity contribution is -0.0922. The van der Waals surface area contributed by atoms with Gasteiger partial charge in [-0.1, -0.05) is 72.8 Å². The Bertz CT molecular complexity index is 2430. The first-order valence-electron chi connectivity index (χ1n) is 20.7. The Balaban J connectivity index is 1.33. The minimum absolute atomic E-state index is 0.0258. The minimum Gasteiger partial charge on any atom is -0.497 e. The number of nitriles is 1. The average molecular weight is 877 g/mol. The molecule has 5 atom stereocenters. The van der Waals surface area contributed by atoms with Crippen LogP contribution in [0.2, 0.25) is 0 Å². The van der Waals surface area contributed by atoms with E-state index < -0.39 is 44.0 Å². The quantitative estimate of drug-likeness (QED) is 0.0626. The van der Waals surface area contributed by atoms with Gasteiger partial charge < -0.3 is 24.3 Å². The van der Waals surface area contributed by atoms with E-state index in [-0.39, 0.29) is 48.3 Å². The highest BCUT2D eigenvalue weighted by Crippen LogP contribution is 2.64. The summed E-state index contributed by atoms with van der Waals surface area (Å²) < 4.78 is 52.7. The number of rotatable bonds is 18. The van der Waals surface area contributed by atoms with Gasteiger partial charge in [-0.2, -0.15) is 9.79 Å². The molecule has 1 aliphatic rings. The van der Waals surface area contributed by atoms with E-state index in [2.05, 4.69) is 26.3 Å². The molecule has 0 spiro atoms. The van der Waals surface area contributed by atoms with Crippen LogP contribution in [0.3, 0.4) is 0 Å². The van der Waals surface area contributed by atoms with Crippen LogP contribution >= 0.6 is 7.87 Å². The van der Waals surface area contributed by atoms with E-state index in [1.54, 1.807) is 44.6 Å². The second kappa shape index (κ2) is 19.7. The van der Waals surface area contributed by atoms with Crippen LogP contribution in [0, 0.1) is 11.3 Å². The van der Waals surface area contributed by atoms with Crippen molar-refractivity contribution in [1.82, 2.24) is 24.2 Å². The van der Waals surface area contributed by atoms with Crippen LogP contribution in [0.4, 0.5) is 10.2 Å². The summed E-state index contributed by atoms with van der Waals surface area (Å²) in [5.41, 5.74) is 1.78. The Hall–Kier alpha value is -5.85. The molecule has 16 heteroatoms. The molecule has 5 unspecified atom stereocenters. The van der Waals surface area contributed by atoms with Crippen LogP contribution in [0.1, 0.15) is 67.4 Å². The molecule has 0 saturated carbocycles. The fourth-order valence-electron chi connectivity index (χ4n) is 8.29. The Kier molecular flexibility index (Phi) is 14.1. The number of hydrogen-bond acceptors (Lipinski definition) is 12. The van der Waals surface area contributed by atoms with Gasteiger partial charge in [-0.15, -0.1) is 4.67 Å². The topological polar surface area (TPSA) is 166 Å². The van der Waals surface area contributed by atoms with Crippen LogP contribution < -0.4 is 14.8 Å². The number of alkyl halides is 1. The number of halogens is 1. The van der Waals surface area contributed by atoms with Crippen molar-refractivity contribution in [2.45, 2.75) is 76.4 Å². The Morgan fingerprint density at radius 2 is 1.46 bits per heavy atom. The molecule has 6 aromatic rings. The lowest BCUT2D eigenvalue weighted by atomic mass is 9.80. The summed E-state index contributed by atoms with van der Waals surface area (Å²) >= 11 is 0. The number of methoxy groups -OCH3 is 2. The number of nitrogens with one attached hydrogen (secondary N) is 1. The Morgan fingerprint density at radius 1 is 0.889 bits per heavy atom. The molecule has 0 bridgehead atoms. The largest absolute Gasteiger partial charge is 0.497 e. The standard InChI is InChI=1S/C47H51FN7O7P/c1-31(2)55(32(3)4)63(57,27-13-26-49)62-42-39(61-46(40(42)48)54-30-52-41-43(50-29-51-44(41)54)53-45(56)33-14-9-7-10-15-33)28-60-47(34-16-11-8-12-17-34,35-18-22-37(58-5)23-19-35)36-20-24-38(59-6)25-21-36/h7-12,14-25,29-32,39-40,42,46,57H,13,27-28H2,1-6H3/p+1. The van der Waals surface area contributed by atoms with Crippen LogP contribution in [0.15, 0.2) is 122 Å². The zero-order chi connectivity index (χ0) is 44.7. The molecule has 1 amide bonds. The Labute approximate surface area is 367 Å². The van der Waals surface area contributed by atoms with E-state index in [4.69, 9.17) is 23.5 Å². The second-order valence-corrected chi connectivity index (χ2v) is 18.1. The summed E-state index contributed by atoms with van der Waals surface area (Å²) in [7, 11) is -0.493. The van der Waals surface area contributed by atoms with E-state index in [1.807, 2.05) is 111 Å². The molecule has 4 aromatic carbocycles. The molecule has 1 fully saturated rings. The number of carbonyl (C=O) groups is 1. The van der Waals surface area contributed by atoms with E-state index in [0.717, 1.165) is 16.7 Å². The normalized spacial score (nSPS) is 18.7. The van der Waals surface area contributed by atoms with Gasteiger partial charge in [0, 0.05) is 17.6 Å². The maximum absolute atomic E-state index is 17.7. The summed E-state index contributed by atoms with van der Waals surface area (Å²) in [5, 5.41) is 12.5. The Morgan fingerprint density at radius 3 is 2.02 bits per heavy atom. The predicted molar refractivity (Wildman–Crippen MR) is 238 cm³/mol. The van der Waals surface area contributed by atoms with Crippen molar-refractivity contribution < 1.29 is 37.5 Å². The number of anilines is 1. The molecule has 14 nitrogen and oxygen atoms in total. The third kappa shape index (κ3) is 9.29. The molecule has 1 aliphatic heterocycles. The van der Waals surface area contributed by atoms with Gasteiger partial charge in [-0.25, -0.2) is 24.2 Å². The van der Waals surface area contributed by atoms with Gasteiger partial charge in [0.1, 0.15) is 35.7 Å². The number of hydrogen-bond donors (Lipinski definition) is 2. The smallest absolute Gasteiger partial charge is 0.347 e. The maximum Gasteiger partial charge on any atom is 0.347 e. The van der Waals surface area contributed by atoms with Crippen molar-refractivity contribution in [1.29, 1.82) is 5.26 Å². The third-order valence-electron chi connectivity index (χ3n) is 11.0. The number of benzene rings is 4. The van der Waals surface area contributed by atoms with Gasteiger partial charge in [-0.3, -0.25) is 9.36 Å². The molecule has 63 heavy (non-hydrogen) atoms. The predicted octanol–water partition coefficient (Wildman–Crippen LogP) is 8.51. The van der Waals surface area contributed by atoms with E-state index in [9.17, 15) is 14.9 Å². The molecule has 3 heterocycles. The highest BCUT2D eigenvalue weighted by molar-refractivity contribution is 7.63. The van der Waals surface area contributed by atoms with Crippen LogP contribution in [-0.4, -0.2) is 92.4 Å². The SMILES string of the molecule is COc1ccc(C(OCC2OC(n3cnc4c(NC(=O)c5ccccc5)ncnc43)C(F)C2O[P+](O)(CCC#N)N(C(C)C)C(C)C)(c2ccccc2)c2ccc(OC)cc2)cc1. The number of aromatic nitrogens is 4. The van der Waals surface area contributed by atoms with Crippen LogP contribution in [0.25, 0.3) is 11.2 Å². The average Bonchev–Trinajstić information content (AvgIpc) is 3.87. The molecular weight excluding hydrogens is 825 g/mol. The van der Waals surface area contributed by atoms with Crippen molar-refractivity contribution in [3.05, 3.63) is 144 Å². The van der Waals surface area contributed by atoms with Crippen molar-refractivity contribution in [2.24, 2.45) is 0 Å². The molecule has 328 valence electrons. The molecule has 1 saturated heterocycles. The summed E-state index contributed by atoms with van der Waals surface area (Å²) in [6.07, 6.45) is -3.28. The van der Waals surface area contributed by atoms with Gasteiger partial charge in [-0.05, 0) is 80.8 Å². The zero-order valence-electron chi connectivity index (χ0n) is 36.0. The number of carbonyl (C=O) groups excluding carboxylic acids is 1. The number of imidazole rings is 1. The highest BCUT2D eigenvalue weighted by Gasteiger charge is 2.58. The lowest BCUT2D eigenvalue weighted by Crippen LogP contribution is -2.44. The molecule has 2 N–H and O–H groups in total. The van der Waals surface area contributed by atoms with Crippen molar-refractivity contribution >= 4 is 30.8 Å². The number of amides is 1. The number of ether oxygens (including phenoxy) is 4. The van der Waals surface area contributed by atoms with E-state index >= 15 is 4.39 Å². The van der Waals surface area contributed by atoms with Gasteiger partial charge >= 0.3 is 7.87 Å². The first-order valence-corrected chi connectivity index (χ1v) is 22.5. The molecule has 0 radical (unpaired) electrons. The van der Waals surface area contributed by atoms with E-state index in [1.165, 1.54) is 17.2 Å². The van der Waals surface area contributed by atoms with Gasteiger partial charge in [0.15, 0.2) is 35.5 Å². The van der Waals surface area contributed by atoms with Crippen molar-refractivity contribution in [2.75, 3.05) is 32.3 Å². The second-order valence-electron chi connectivity index (χ2n) is 15.6. The molecule has 2 aromatic heterocycles. The monoisotopic (exact) mass is 876 g/mol. The van der Waals surface area contributed by atoms with Crippen molar-refractivity contribution in [3.63, 3.8) is 0 Å². The van der Waals surface area contributed by atoms with Gasteiger partial charge in [0.2, 0.25) is 0 Å². The molecular formula is C47H52FN7O7P+. The van der Waals surface area contributed by atoms with Crippen LogP contribution in [-0.2, 0) is 19.6 Å². The van der Waals surface area contributed by atoms with Crippen LogP contribution in [0.5, 0.6) is 11.5 Å². The summed E-state index contributed by atoms with van der Waals surface area (Å²) in [6, 6.07) is 35.1.